The van der Waals surface area contributed by atoms with E-state index in [1.807, 2.05) is 30.0 Å². The second kappa shape index (κ2) is 10.9. The van der Waals surface area contributed by atoms with E-state index < -0.39 is 0 Å². The van der Waals surface area contributed by atoms with Gasteiger partial charge in [-0.25, -0.2) is 0 Å². The van der Waals surface area contributed by atoms with Crippen molar-refractivity contribution in [3.8, 4) is 0 Å². The summed E-state index contributed by atoms with van der Waals surface area (Å²) in [5, 5.41) is 3.91. The van der Waals surface area contributed by atoms with Crippen LogP contribution in [0.5, 0.6) is 0 Å². The Balaban J connectivity index is 1.36. The van der Waals surface area contributed by atoms with Gasteiger partial charge in [-0.15, -0.1) is 0 Å². The summed E-state index contributed by atoms with van der Waals surface area (Å²) in [6.07, 6.45) is 2.08. The molecule has 150 valence electrons. The number of piperidine rings is 1. The van der Waals surface area contributed by atoms with Gasteiger partial charge in [0.25, 0.3) is 0 Å². The lowest BCUT2D eigenvalue weighted by molar-refractivity contribution is -0.126. The van der Waals surface area contributed by atoms with E-state index in [4.69, 9.17) is 11.6 Å². The van der Waals surface area contributed by atoms with Crippen molar-refractivity contribution in [3.63, 3.8) is 0 Å². The quantitative estimate of drug-likeness (QED) is 0.620. The van der Waals surface area contributed by atoms with Gasteiger partial charge in [0.1, 0.15) is 0 Å². The third kappa shape index (κ3) is 6.84. The standard InChI is InChI=1S/C23H29ClN2OS/c1-18-5-2-6-19(13-18)15-26-11-4-8-21(16-26)23(27)25-10-12-28-17-20-7-3-9-22(24)14-20/h2-3,5-7,9,13-14,21H,4,8,10-12,15-17H2,1H3,(H,25,27). The third-order valence-corrected chi connectivity index (χ3v) is 6.33. The molecule has 1 amide bonds. The van der Waals surface area contributed by atoms with Gasteiger partial charge in [-0.2, -0.15) is 11.8 Å². The molecule has 0 aromatic heterocycles. The minimum Gasteiger partial charge on any atom is -0.355 e. The van der Waals surface area contributed by atoms with Crippen LogP contribution >= 0.6 is 23.4 Å². The Hall–Kier alpha value is -1.49. The molecule has 28 heavy (non-hydrogen) atoms. The number of benzene rings is 2. The van der Waals surface area contributed by atoms with Gasteiger partial charge in [-0.05, 0) is 49.6 Å². The molecule has 2 aromatic rings. The molecule has 1 atom stereocenters. The first-order chi connectivity index (χ1) is 13.6. The van der Waals surface area contributed by atoms with Crippen molar-refractivity contribution < 1.29 is 4.79 Å². The van der Waals surface area contributed by atoms with Gasteiger partial charge in [-0.3, -0.25) is 9.69 Å². The van der Waals surface area contributed by atoms with Gasteiger partial charge in [-0.1, -0.05) is 53.6 Å². The van der Waals surface area contributed by atoms with Crippen molar-refractivity contribution >= 4 is 29.3 Å². The number of hydrogen-bond acceptors (Lipinski definition) is 3. The van der Waals surface area contributed by atoms with E-state index in [9.17, 15) is 4.79 Å². The molecule has 0 aliphatic carbocycles. The highest BCUT2D eigenvalue weighted by Crippen LogP contribution is 2.20. The van der Waals surface area contributed by atoms with Crippen LogP contribution in [-0.2, 0) is 17.1 Å². The minimum atomic E-state index is 0.108. The molecule has 1 saturated heterocycles. The first kappa shape index (κ1) is 21.2. The van der Waals surface area contributed by atoms with Crippen molar-refractivity contribution in [3.05, 3.63) is 70.2 Å². The van der Waals surface area contributed by atoms with Crippen LogP contribution in [0.2, 0.25) is 5.02 Å². The number of carbonyl (C=O) groups is 1. The van der Waals surface area contributed by atoms with Gasteiger partial charge < -0.3 is 5.32 Å². The number of halogens is 1. The maximum Gasteiger partial charge on any atom is 0.224 e. The van der Waals surface area contributed by atoms with Crippen molar-refractivity contribution in [2.75, 3.05) is 25.4 Å². The highest BCUT2D eigenvalue weighted by atomic mass is 35.5. The molecule has 0 spiro atoms. The molecule has 1 aliphatic rings. The van der Waals surface area contributed by atoms with Gasteiger partial charge in [0.15, 0.2) is 0 Å². The molecule has 0 bridgehead atoms. The number of likely N-dealkylation sites (tertiary alicyclic amines) is 1. The van der Waals surface area contributed by atoms with Crippen LogP contribution < -0.4 is 5.32 Å². The molecule has 3 nitrogen and oxygen atoms in total. The zero-order valence-corrected chi connectivity index (χ0v) is 18.1. The minimum absolute atomic E-state index is 0.108. The van der Waals surface area contributed by atoms with E-state index in [-0.39, 0.29) is 11.8 Å². The van der Waals surface area contributed by atoms with Crippen LogP contribution in [0.15, 0.2) is 48.5 Å². The molecule has 0 saturated carbocycles. The molecule has 5 heteroatoms. The van der Waals surface area contributed by atoms with E-state index in [1.165, 1.54) is 16.7 Å². The summed E-state index contributed by atoms with van der Waals surface area (Å²) < 4.78 is 0. The highest BCUT2D eigenvalue weighted by Gasteiger charge is 2.25. The predicted molar refractivity (Wildman–Crippen MR) is 120 cm³/mol. The molecule has 0 radical (unpaired) electrons. The second-order valence-corrected chi connectivity index (χ2v) is 9.08. The van der Waals surface area contributed by atoms with E-state index in [0.29, 0.717) is 0 Å². The Labute approximate surface area is 177 Å². The summed E-state index contributed by atoms with van der Waals surface area (Å²) in [6, 6.07) is 16.6. The third-order valence-electron chi connectivity index (χ3n) is 5.07. The largest absolute Gasteiger partial charge is 0.355 e. The van der Waals surface area contributed by atoms with Gasteiger partial charge in [0, 0.05) is 36.2 Å². The lowest BCUT2D eigenvalue weighted by Crippen LogP contribution is -2.43. The van der Waals surface area contributed by atoms with Crippen LogP contribution in [-0.4, -0.2) is 36.2 Å². The number of rotatable bonds is 8. The van der Waals surface area contributed by atoms with E-state index in [1.54, 1.807) is 0 Å². The van der Waals surface area contributed by atoms with E-state index in [0.717, 1.165) is 55.5 Å². The topological polar surface area (TPSA) is 32.3 Å². The fourth-order valence-corrected chi connectivity index (χ4v) is 4.71. The Morgan fingerprint density at radius 1 is 1.21 bits per heavy atom. The summed E-state index contributed by atoms with van der Waals surface area (Å²) in [5.41, 5.74) is 3.85. The van der Waals surface area contributed by atoms with Gasteiger partial charge >= 0.3 is 0 Å². The number of aryl methyl sites for hydroxylation is 1. The number of nitrogens with one attached hydrogen (secondary N) is 1. The number of hydrogen-bond donors (Lipinski definition) is 1. The highest BCUT2D eigenvalue weighted by molar-refractivity contribution is 7.98. The number of amides is 1. The van der Waals surface area contributed by atoms with E-state index >= 15 is 0 Å². The Morgan fingerprint density at radius 2 is 2.04 bits per heavy atom. The Kier molecular flexibility index (Phi) is 8.26. The molecule has 1 fully saturated rings. The van der Waals surface area contributed by atoms with Gasteiger partial charge in [0.05, 0.1) is 5.92 Å². The zero-order valence-electron chi connectivity index (χ0n) is 16.5. The lowest BCUT2D eigenvalue weighted by atomic mass is 9.96. The maximum absolute atomic E-state index is 12.6. The van der Waals surface area contributed by atoms with Crippen molar-refractivity contribution in [1.29, 1.82) is 0 Å². The monoisotopic (exact) mass is 416 g/mol. The van der Waals surface area contributed by atoms with Crippen LogP contribution in [0, 0.1) is 12.8 Å². The fourth-order valence-electron chi connectivity index (χ4n) is 3.69. The molecule has 1 heterocycles. The average molecular weight is 417 g/mol. The van der Waals surface area contributed by atoms with Crippen molar-refractivity contribution in [2.24, 2.45) is 5.92 Å². The Bertz CT molecular complexity index is 783. The summed E-state index contributed by atoms with van der Waals surface area (Å²) in [7, 11) is 0. The summed E-state index contributed by atoms with van der Waals surface area (Å²) in [4.78, 5) is 15.0. The zero-order chi connectivity index (χ0) is 19.8. The number of nitrogens with zero attached hydrogens (tertiary/aromatic N) is 1. The molecular weight excluding hydrogens is 388 g/mol. The molecular formula is C23H29ClN2OS. The first-order valence-corrected chi connectivity index (χ1v) is 11.5. The van der Waals surface area contributed by atoms with Crippen molar-refractivity contribution in [2.45, 2.75) is 32.1 Å². The number of thioether (sulfide) groups is 1. The summed E-state index contributed by atoms with van der Waals surface area (Å²) in [5.74, 6) is 2.15. The van der Waals surface area contributed by atoms with Crippen LogP contribution in [0.4, 0.5) is 0 Å². The summed E-state index contributed by atoms with van der Waals surface area (Å²) >= 11 is 7.84. The normalized spacial score (nSPS) is 17.4. The summed E-state index contributed by atoms with van der Waals surface area (Å²) in [6.45, 7) is 5.71. The second-order valence-electron chi connectivity index (χ2n) is 7.54. The molecule has 1 N–H and O–H groups in total. The smallest absolute Gasteiger partial charge is 0.224 e. The van der Waals surface area contributed by atoms with Crippen molar-refractivity contribution in [1.82, 2.24) is 10.2 Å². The molecule has 1 unspecified atom stereocenters. The SMILES string of the molecule is Cc1cccc(CN2CCCC(C(=O)NCCSCc3cccc(Cl)c3)C2)c1. The lowest BCUT2D eigenvalue weighted by Gasteiger charge is -2.32. The number of carbonyl (C=O) groups excluding carboxylic acids is 1. The average Bonchev–Trinajstić information content (AvgIpc) is 2.68. The van der Waals surface area contributed by atoms with Gasteiger partial charge in [0.2, 0.25) is 5.91 Å². The molecule has 2 aromatic carbocycles. The molecule has 1 aliphatic heterocycles. The first-order valence-electron chi connectivity index (χ1n) is 9.98. The van der Waals surface area contributed by atoms with Crippen LogP contribution in [0.25, 0.3) is 0 Å². The molecule has 3 rings (SSSR count). The van der Waals surface area contributed by atoms with Crippen LogP contribution in [0.3, 0.4) is 0 Å². The predicted octanol–water partition coefficient (Wildman–Crippen LogP) is 4.91. The van der Waals surface area contributed by atoms with Crippen LogP contribution in [0.1, 0.15) is 29.5 Å². The maximum atomic E-state index is 12.6. The van der Waals surface area contributed by atoms with E-state index in [2.05, 4.69) is 47.5 Å². The fraction of sp³-hybridized carbons (Fsp3) is 0.435. The Morgan fingerprint density at radius 3 is 2.86 bits per heavy atom.